The van der Waals surface area contributed by atoms with E-state index in [1.165, 1.54) is 53.2 Å². The van der Waals surface area contributed by atoms with E-state index in [2.05, 4.69) is 5.10 Å². The number of ether oxygens (including phenoxy) is 1. The predicted molar refractivity (Wildman–Crippen MR) is 123 cm³/mol. The molecule has 34 heavy (non-hydrogen) atoms. The molecule has 3 aromatic carbocycles. The molecule has 0 N–H and O–H groups in total. The SMILES string of the molecule is Cn1nc(-c2ccc(S(C)(=O)=O)cc2)c(-c2ccc(F)cc2)c1OCC(=O)c1ccc(F)cc1. The molecule has 0 amide bonds. The summed E-state index contributed by atoms with van der Waals surface area (Å²) in [6, 6.07) is 17.1. The van der Waals surface area contributed by atoms with Crippen LogP contribution in [0.5, 0.6) is 5.88 Å². The van der Waals surface area contributed by atoms with Crippen LogP contribution in [0.15, 0.2) is 77.7 Å². The van der Waals surface area contributed by atoms with E-state index in [1.54, 1.807) is 31.3 Å². The molecule has 6 nitrogen and oxygen atoms in total. The molecule has 0 saturated carbocycles. The van der Waals surface area contributed by atoms with Crippen LogP contribution in [0.25, 0.3) is 22.4 Å². The van der Waals surface area contributed by atoms with Gasteiger partial charge in [-0.1, -0.05) is 24.3 Å². The number of Topliss-reactive ketones (excluding diaryl/α,β-unsaturated/α-hetero) is 1. The number of halogens is 2. The predicted octanol–water partition coefficient (Wildman–Crippen LogP) is 4.70. The van der Waals surface area contributed by atoms with Crippen molar-refractivity contribution in [2.75, 3.05) is 12.9 Å². The number of carbonyl (C=O) groups excluding carboxylic acids is 1. The van der Waals surface area contributed by atoms with Crippen LogP contribution in [-0.2, 0) is 16.9 Å². The highest BCUT2D eigenvalue weighted by atomic mass is 32.2. The fraction of sp³-hybridized carbons (Fsp3) is 0.120. The standard InChI is InChI=1S/C25H20F2N2O4S/c1-29-25(33-15-22(30)16-3-9-19(26)10-4-16)23(17-5-11-20(27)12-6-17)24(28-29)18-7-13-21(14-8-18)34(2,31)32/h3-14H,15H2,1-2H3. The van der Waals surface area contributed by atoms with Crippen LogP contribution in [-0.4, -0.2) is 36.8 Å². The number of aromatic nitrogens is 2. The molecule has 0 aliphatic carbocycles. The zero-order chi connectivity index (χ0) is 24.5. The molecule has 4 aromatic rings. The maximum Gasteiger partial charge on any atom is 0.220 e. The summed E-state index contributed by atoms with van der Waals surface area (Å²) in [5.41, 5.74) is 2.49. The van der Waals surface area contributed by atoms with Crippen LogP contribution in [0, 0.1) is 11.6 Å². The molecule has 0 saturated heterocycles. The Balaban J connectivity index is 1.74. The first-order chi connectivity index (χ1) is 16.1. The Labute approximate surface area is 195 Å². The van der Waals surface area contributed by atoms with Gasteiger partial charge < -0.3 is 4.74 Å². The highest BCUT2D eigenvalue weighted by Gasteiger charge is 2.22. The van der Waals surface area contributed by atoms with Gasteiger partial charge in [-0.15, -0.1) is 0 Å². The third kappa shape index (κ3) is 4.89. The first kappa shape index (κ1) is 23.3. The van der Waals surface area contributed by atoms with E-state index >= 15 is 0 Å². The van der Waals surface area contributed by atoms with Crippen LogP contribution < -0.4 is 4.74 Å². The molecule has 0 unspecified atom stereocenters. The van der Waals surface area contributed by atoms with E-state index in [4.69, 9.17) is 4.74 Å². The quantitative estimate of drug-likeness (QED) is 0.357. The Kier molecular flexibility index (Phi) is 6.30. The van der Waals surface area contributed by atoms with Crippen LogP contribution >= 0.6 is 0 Å². The number of hydrogen-bond acceptors (Lipinski definition) is 5. The summed E-state index contributed by atoms with van der Waals surface area (Å²) in [4.78, 5) is 12.7. The first-order valence-electron chi connectivity index (χ1n) is 10.2. The molecule has 0 atom stereocenters. The van der Waals surface area contributed by atoms with E-state index in [1.807, 2.05) is 0 Å². The van der Waals surface area contributed by atoms with Crippen LogP contribution in [0.2, 0.25) is 0 Å². The molecule has 9 heteroatoms. The van der Waals surface area contributed by atoms with Crippen LogP contribution in [0.3, 0.4) is 0 Å². The molecule has 1 aromatic heterocycles. The number of carbonyl (C=O) groups is 1. The molecular formula is C25H20F2N2O4S. The molecule has 4 rings (SSSR count). The number of aryl methyl sites for hydroxylation is 1. The Hall–Kier alpha value is -3.85. The highest BCUT2D eigenvalue weighted by molar-refractivity contribution is 7.90. The lowest BCUT2D eigenvalue weighted by atomic mass is 10.0. The van der Waals surface area contributed by atoms with Gasteiger partial charge in [0.05, 0.1) is 10.5 Å². The maximum atomic E-state index is 13.6. The lowest BCUT2D eigenvalue weighted by Gasteiger charge is -2.10. The smallest absolute Gasteiger partial charge is 0.220 e. The van der Waals surface area contributed by atoms with Gasteiger partial charge in [0.1, 0.15) is 17.3 Å². The second-order valence-electron chi connectivity index (χ2n) is 7.67. The second-order valence-corrected chi connectivity index (χ2v) is 9.69. The van der Waals surface area contributed by atoms with Gasteiger partial charge >= 0.3 is 0 Å². The third-order valence-corrected chi connectivity index (χ3v) is 6.32. The fourth-order valence-corrected chi connectivity index (χ4v) is 4.10. The summed E-state index contributed by atoms with van der Waals surface area (Å²) < 4.78 is 57.7. The zero-order valence-corrected chi connectivity index (χ0v) is 19.1. The molecular weight excluding hydrogens is 462 g/mol. The van der Waals surface area contributed by atoms with E-state index in [9.17, 15) is 22.0 Å². The van der Waals surface area contributed by atoms with Gasteiger partial charge in [0.2, 0.25) is 5.88 Å². The number of rotatable bonds is 7. The third-order valence-electron chi connectivity index (χ3n) is 5.19. The molecule has 0 spiro atoms. The normalized spacial score (nSPS) is 11.4. The van der Waals surface area contributed by atoms with Crippen molar-refractivity contribution < 1.29 is 26.7 Å². The monoisotopic (exact) mass is 482 g/mol. The molecule has 174 valence electrons. The average Bonchev–Trinajstić information content (AvgIpc) is 3.14. The summed E-state index contributed by atoms with van der Waals surface area (Å²) in [7, 11) is -1.73. The van der Waals surface area contributed by atoms with Crippen molar-refractivity contribution in [3.05, 3.63) is 90.0 Å². The Morgan fingerprint density at radius 3 is 1.97 bits per heavy atom. The minimum atomic E-state index is -3.37. The summed E-state index contributed by atoms with van der Waals surface area (Å²) in [6.45, 7) is -0.328. The van der Waals surface area contributed by atoms with Gasteiger partial charge in [-0.3, -0.25) is 4.79 Å². The average molecular weight is 483 g/mol. The first-order valence-corrected chi connectivity index (χ1v) is 12.1. The lowest BCUT2D eigenvalue weighted by molar-refractivity contribution is 0.0915. The van der Waals surface area contributed by atoms with Crippen LogP contribution in [0.1, 0.15) is 10.4 Å². The number of benzene rings is 3. The van der Waals surface area contributed by atoms with Crippen molar-refractivity contribution in [1.82, 2.24) is 9.78 Å². The summed E-state index contributed by atoms with van der Waals surface area (Å²) in [5.74, 6) is -0.954. The van der Waals surface area contributed by atoms with Gasteiger partial charge in [0.25, 0.3) is 0 Å². The summed E-state index contributed by atoms with van der Waals surface area (Å²) in [5, 5.41) is 4.52. The molecule has 0 radical (unpaired) electrons. The van der Waals surface area contributed by atoms with Gasteiger partial charge in [-0.25, -0.2) is 21.9 Å². The van der Waals surface area contributed by atoms with Crippen molar-refractivity contribution in [2.45, 2.75) is 4.90 Å². The minimum absolute atomic E-state index is 0.164. The van der Waals surface area contributed by atoms with Gasteiger partial charge in [-0.2, -0.15) is 5.10 Å². The Bertz CT molecular complexity index is 1440. The van der Waals surface area contributed by atoms with E-state index in [-0.39, 0.29) is 23.2 Å². The molecule has 0 fully saturated rings. The second kappa shape index (κ2) is 9.18. The number of nitrogens with zero attached hydrogens (tertiary/aromatic N) is 2. The topological polar surface area (TPSA) is 78.3 Å². The van der Waals surface area contributed by atoms with Crippen molar-refractivity contribution in [1.29, 1.82) is 0 Å². The van der Waals surface area contributed by atoms with Gasteiger partial charge in [0.15, 0.2) is 22.2 Å². The van der Waals surface area contributed by atoms with E-state index in [0.29, 0.717) is 27.9 Å². The van der Waals surface area contributed by atoms with Gasteiger partial charge in [0, 0.05) is 24.4 Å². The van der Waals surface area contributed by atoms with Crippen molar-refractivity contribution in [2.24, 2.45) is 7.05 Å². The highest BCUT2D eigenvalue weighted by Crippen LogP contribution is 2.39. The largest absolute Gasteiger partial charge is 0.469 e. The Morgan fingerprint density at radius 2 is 1.41 bits per heavy atom. The van der Waals surface area contributed by atoms with Crippen LogP contribution in [0.4, 0.5) is 8.78 Å². The molecule has 1 heterocycles. The van der Waals surface area contributed by atoms with Gasteiger partial charge in [-0.05, 0) is 54.1 Å². The lowest BCUT2D eigenvalue weighted by Crippen LogP contribution is -2.13. The van der Waals surface area contributed by atoms with Crippen molar-refractivity contribution in [3.63, 3.8) is 0 Å². The molecule has 0 aliphatic rings. The Morgan fingerprint density at radius 1 is 0.882 bits per heavy atom. The number of ketones is 1. The minimum Gasteiger partial charge on any atom is -0.469 e. The molecule has 0 bridgehead atoms. The zero-order valence-electron chi connectivity index (χ0n) is 18.3. The maximum absolute atomic E-state index is 13.6. The fourth-order valence-electron chi connectivity index (χ4n) is 3.47. The van der Waals surface area contributed by atoms with Crippen molar-refractivity contribution in [3.8, 4) is 28.3 Å². The van der Waals surface area contributed by atoms with E-state index < -0.39 is 21.5 Å². The molecule has 0 aliphatic heterocycles. The van der Waals surface area contributed by atoms with E-state index in [0.717, 1.165) is 6.26 Å². The summed E-state index contributed by atoms with van der Waals surface area (Å²) >= 11 is 0. The van der Waals surface area contributed by atoms with Crippen molar-refractivity contribution >= 4 is 15.6 Å². The number of sulfone groups is 1. The number of hydrogen-bond donors (Lipinski definition) is 0. The summed E-state index contributed by atoms with van der Waals surface area (Å²) in [6.07, 6.45) is 1.12.